The van der Waals surface area contributed by atoms with E-state index >= 15 is 0 Å². The van der Waals surface area contributed by atoms with E-state index in [0.717, 1.165) is 0 Å². The first kappa shape index (κ1) is 9.94. The smallest absolute Gasteiger partial charge is 0.242 e. The molecule has 1 aliphatic rings. The van der Waals surface area contributed by atoms with Crippen LogP contribution >= 0.6 is 0 Å². The summed E-state index contributed by atoms with van der Waals surface area (Å²) in [6, 6.07) is 0. The van der Waals surface area contributed by atoms with E-state index in [1.165, 1.54) is 4.90 Å². The zero-order valence-electron chi connectivity index (χ0n) is 7.18. The number of hydrogen-bond acceptors (Lipinski definition) is 2. The van der Waals surface area contributed by atoms with Gasteiger partial charge in [0.1, 0.15) is 0 Å². The number of likely N-dealkylation sites (N-methyl/N-ethyl adjacent to an activating group) is 1. The van der Waals surface area contributed by atoms with E-state index in [9.17, 15) is 9.59 Å². The molecule has 0 radical (unpaired) electrons. The molecule has 0 saturated carbocycles. The summed E-state index contributed by atoms with van der Waals surface area (Å²) in [6.45, 7) is 4.34. The topological polar surface area (TPSA) is 49.4 Å². The summed E-state index contributed by atoms with van der Waals surface area (Å²) in [5.74, 6) is -0.119. The SMILES string of the molecule is CC.CN1CC(=O)NCC1=O. The van der Waals surface area contributed by atoms with Gasteiger partial charge in [0.15, 0.2) is 0 Å². The Balaban J connectivity index is 0.000000461. The molecule has 0 atom stereocenters. The summed E-state index contributed by atoms with van der Waals surface area (Å²) in [5, 5.41) is 2.43. The lowest BCUT2D eigenvalue weighted by Crippen LogP contribution is -2.49. The Kier molecular flexibility index (Phi) is 4.26. The third-order valence-electron chi connectivity index (χ3n) is 1.24. The van der Waals surface area contributed by atoms with Gasteiger partial charge in [-0.15, -0.1) is 0 Å². The van der Waals surface area contributed by atoms with Crippen LogP contribution in [0.2, 0.25) is 0 Å². The van der Waals surface area contributed by atoms with E-state index in [0.29, 0.717) is 0 Å². The van der Waals surface area contributed by atoms with E-state index in [1.54, 1.807) is 7.05 Å². The van der Waals surface area contributed by atoms with Crippen LogP contribution in [-0.2, 0) is 9.59 Å². The molecule has 1 heterocycles. The molecular formula is C7H14N2O2. The molecule has 0 aromatic rings. The lowest BCUT2D eigenvalue weighted by atomic mass is 10.4. The number of carbonyl (C=O) groups excluding carboxylic acids is 2. The Morgan fingerprint density at radius 1 is 1.36 bits per heavy atom. The van der Waals surface area contributed by atoms with Crippen molar-refractivity contribution in [2.75, 3.05) is 20.1 Å². The predicted molar refractivity (Wildman–Crippen MR) is 42.0 cm³/mol. The highest BCUT2D eigenvalue weighted by atomic mass is 16.2. The summed E-state index contributed by atoms with van der Waals surface area (Å²) in [5.41, 5.74) is 0. The predicted octanol–water partition coefficient (Wildman–Crippen LogP) is -0.399. The first-order chi connectivity index (χ1) is 5.20. The van der Waals surface area contributed by atoms with E-state index < -0.39 is 0 Å². The third-order valence-corrected chi connectivity index (χ3v) is 1.24. The number of nitrogens with one attached hydrogen (secondary N) is 1. The second-order valence-electron chi connectivity index (χ2n) is 2.03. The van der Waals surface area contributed by atoms with Crippen LogP contribution in [0.3, 0.4) is 0 Å². The summed E-state index contributed by atoms with van der Waals surface area (Å²) in [7, 11) is 1.61. The van der Waals surface area contributed by atoms with Gasteiger partial charge in [0.2, 0.25) is 11.8 Å². The fourth-order valence-corrected chi connectivity index (χ4v) is 0.669. The minimum atomic E-state index is -0.0860. The van der Waals surface area contributed by atoms with Crippen LogP contribution in [0.1, 0.15) is 13.8 Å². The Morgan fingerprint density at radius 2 is 1.91 bits per heavy atom. The minimum Gasteiger partial charge on any atom is -0.345 e. The molecule has 1 rings (SSSR count). The lowest BCUT2D eigenvalue weighted by Gasteiger charge is -2.21. The lowest BCUT2D eigenvalue weighted by molar-refractivity contribution is -0.139. The molecule has 11 heavy (non-hydrogen) atoms. The second kappa shape index (κ2) is 4.71. The van der Waals surface area contributed by atoms with Crippen LogP contribution in [0.4, 0.5) is 0 Å². The standard InChI is InChI=1S/C5H8N2O2.C2H6/c1-7-3-4(8)6-2-5(7)9;1-2/h2-3H2,1H3,(H,6,8);1-2H3. The van der Waals surface area contributed by atoms with Gasteiger partial charge in [0.25, 0.3) is 0 Å². The maximum atomic E-state index is 10.7. The maximum absolute atomic E-state index is 10.7. The highest BCUT2D eigenvalue weighted by molar-refractivity contribution is 5.92. The van der Waals surface area contributed by atoms with Gasteiger partial charge in [-0.3, -0.25) is 9.59 Å². The highest BCUT2D eigenvalue weighted by Gasteiger charge is 2.18. The largest absolute Gasteiger partial charge is 0.345 e. The van der Waals surface area contributed by atoms with Crippen molar-refractivity contribution >= 4 is 11.8 Å². The quantitative estimate of drug-likeness (QED) is 0.521. The zero-order chi connectivity index (χ0) is 8.85. The van der Waals surface area contributed by atoms with Gasteiger partial charge in [-0.05, 0) is 0 Å². The Labute approximate surface area is 66.6 Å². The van der Waals surface area contributed by atoms with E-state index in [2.05, 4.69) is 5.32 Å². The monoisotopic (exact) mass is 158 g/mol. The molecule has 1 fully saturated rings. The average Bonchev–Trinajstić information content (AvgIpc) is 2.02. The van der Waals surface area contributed by atoms with Gasteiger partial charge in [0.05, 0.1) is 13.1 Å². The first-order valence-corrected chi connectivity index (χ1v) is 3.71. The summed E-state index contributed by atoms with van der Waals surface area (Å²) >= 11 is 0. The minimum absolute atomic E-state index is 0.0328. The summed E-state index contributed by atoms with van der Waals surface area (Å²) in [6.07, 6.45) is 0. The van der Waals surface area contributed by atoms with Gasteiger partial charge >= 0.3 is 0 Å². The molecule has 0 aromatic carbocycles. The van der Waals surface area contributed by atoms with E-state index in [4.69, 9.17) is 0 Å². The van der Waals surface area contributed by atoms with Crippen molar-refractivity contribution in [3.05, 3.63) is 0 Å². The van der Waals surface area contributed by atoms with Crippen molar-refractivity contribution in [3.63, 3.8) is 0 Å². The normalized spacial score (nSPS) is 16.8. The van der Waals surface area contributed by atoms with Gasteiger partial charge in [-0.1, -0.05) is 13.8 Å². The number of rotatable bonds is 0. The van der Waals surface area contributed by atoms with Crippen LogP contribution < -0.4 is 5.32 Å². The molecule has 0 spiro atoms. The molecule has 4 nitrogen and oxygen atoms in total. The molecule has 64 valence electrons. The Morgan fingerprint density at radius 3 is 2.27 bits per heavy atom. The number of nitrogens with zero attached hydrogens (tertiary/aromatic N) is 1. The Bertz CT molecular complexity index is 157. The van der Waals surface area contributed by atoms with Crippen LogP contribution in [0.25, 0.3) is 0 Å². The van der Waals surface area contributed by atoms with Crippen LogP contribution in [0, 0.1) is 0 Å². The van der Waals surface area contributed by atoms with Crippen LogP contribution in [0.15, 0.2) is 0 Å². The Hall–Kier alpha value is -1.06. The van der Waals surface area contributed by atoms with Gasteiger partial charge in [-0.2, -0.15) is 0 Å². The number of hydrogen-bond donors (Lipinski definition) is 1. The fraction of sp³-hybridized carbons (Fsp3) is 0.714. The van der Waals surface area contributed by atoms with Crippen molar-refractivity contribution in [2.45, 2.75) is 13.8 Å². The molecule has 1 aliphatic heterocycles. The molecule has 1 N–H and O–H groups in total. The molecule has 0 unspecified atom stereocenters. The molecular weight excluding hydrogens is 144 g/mol. The van der Waals surface area contributed by atoms with Crippen molar-refractivity contribution in [1.29, 1.82) is 0 Å². The van der Waals surface area contributed by atoms with Gasteiger partial charge in [0, 0.05) is 7.05 Å². The third kappa shape index (κ3) is 3.02. The molecule has 2 amide bonds. The molecule has 0 aromatic heterocycles. The summed E-state index contributed by atoms with van der Waals surface area (Å²) < 4.78 is 0. The molecule has 4 heteroatoms. The van der Waals surface area contributed by atoms with Gasteiger partial charge < -0.3 is 10.2 Å². The number of carbonyl (C=O) groups is 2. The van der Waals surface area contributed by atoms with Crippen LogP contribution in [-0.4, -0.2) is 36.9 Å². The van der Waals surface area contributed by atoms with Crippen LogP contribution in [0.5, 0.6) is 0 Å². The van der Waals surface area contributed by atoms with E-state index in [-0.39, 0.29) is 24.9 Å². The van der Waals surface area contributed by atoms with Crippen molar-refractivity contribution in [3.8, 4) is 0 Å². The highest BCUT2D eigenvalue weighted by Crippen LogP contribution is 1.88. The first-order valence-electron chi connectivity index (χ1n) is 3.71. The molecule has 0 bridgehead atoms. The van der Waals surface area contributed by atoms with Crippen molar-refractivity contribution in [2.24, 2.45) is 0 Å². The second-order valence-corrected chi connectivity index (χ2v) is 2.03. The van der Waals surface area contributed by atoms with Crippen molar-refractivity contribution in [1.82, 2.24) is 10.2 Å². The van der Waals surface area contributed by atoms with Gasteiger partial charge in [-0.25, -0.2) is 0 Å². The van der Waals surface area contributed by atoms with E-state index in [1.807, 2.05) is 13.8 Å². The summed E-state index contributed by atoms with van der Waals surface area (Å²) in [4.78, 5) is 22.6. The molecule has 1 saturated heterocycles. The zero-order valence-corrected chi connectivity index (χ0v) is 7.18. The fourth-order valence-electron chi connectivity index (χ4n) is 0.669. The van der Waals surface area contributed by atoms with Crippen molar-refractivity contribution < 1.29 is 9.59 Å². The maximum Gasteiger partial charge on any atom is 0.242 e. The number of piperazine rings is 1. The average molecular weight is 158 g/mol. The number of amides is 2. The molecule has 0 aliphatic carbocycles.